The number of sulfonamides is 1. The lowest BCUT2D eigenvalue weighted by atomic mass is 10.0. The van der Waals surface area contributed by atoms with Crippen LogP contribution in [0.1, 0.15) is 19.8 Å². The zero-order chi connectivity index (χ0) is 16.9. The van der Waals surface area contributed by atoms with E-state index in [-0.39, 0.29) is 4.90 Å². The SMILES string of the molecule is COc1ccc(OC)c(S(=O)(=O)NCCN2CCC[C@@H](C)C2)c1. The molecule has 0 spiro atoms. The van der Waals surface area contributed by atoms with Gasteiger partial charge in [0.15, 0.2) is 0 Å². The Bertz CT molecular complexity index is 619. The molecule has 0 saturated carbocycles. The summed E-state index contributed by atoms with van der Waals surface area (Å²) in [6.07, 6.45) is 2.43. The average Bonchev–Trinajstić information content (AvgIpc) is 2.54. The highest BCUT2D eigenvalue weighted by molar-refractivity contribution is 7.89. The van der Waals surface area contributed by atoms with E-state index >= 15 is 0 Å². The van der Waals surface area contributed by atoms with Gasteiger partial charge in [0, 0.05) is 25.7 Å². The fourth-order valence-corrected chi connectivity index (χ4v) is 4.10. The van der Waals surface area contributed by atoms with Crippen molar-refractivity contribution in [2.75, 3.05) is 40.4 Å². The van der Waals surface area contributed by atoms with Crippen LogP contribution in [0.25, 0.3) is 0 Å². The van der Waals surface area contributed by atoms with E-state index in [1.165, 1.54) is 33.1 Å². The Balaban J connectivity index is 2.01. The first kappa shape index (κ1) is 18.0. The standard InChI is InChI=1S/C16H26N2O4S/c1-13-5-4-9-18(12-13)10-8-17-23(19,20)16-11-14(21-2)6-7-15(16)22-3/h6-7,11,13,17H,4-5,8-10,12H2,1-3H3/t13-/m1/s1. The zero-order valence-corrected chi connectivity index (χ0v) is 14.9. The van der Waals surface area contributed by atoms with E-state index in [0.717, 1.165) is 19.6 Å². The van der Waals surface area contributed by atoms with Gasteiger partial charge in [0.2, 0.25) is 10.0 Å². The summed E-state index contributed by atoms with van der Waals surface area (Å²) in [5.41, 5.74) is 0. The van der Waals surface area contributed by atoms with Crippen molar-refractivity contribution >= 4 is 10.0 Å². The van der Waals surface area contributed by atoms with Crippen LogP contribution in [0.4, 0.5) is 0 Å². The molecule has 23 heavy (non-hydrogen) atoms. The highest BCUT2D eigenvalue weighted by atomic mass is 32.2. The lowest BCUT2D eigenvalue weighted by Gasteiger charge is -2.30. The van der Waals surface area contributed by atoms with Gasteiger partial charge in [0.05, 0.1) is 14.2 Å². The first-order valence-corrected chi connectivity index (χ1v) is 9.38. The van der Waals surface area contributed by atoms with Crippen molar-refractivity contribution in [3.63, 3.8) is 0 Å². The largest absolute Gasteiger partial charge is 0.497 e. The quantitative estimate of drug-likeness (QED) is 0.817. The number of nitrogens with zero attached hydrogens (tertiary/aromatic N) is 1. The van der Waals surface area contributed by atoms with Gasteiger partial charge >= 0.3 is 0 Å². The van der Waals surface area contributed by atoms with Crippen molar-refractivity contribution in [1.82, 2.24) is 9.62 Å². The molecule has 130 valence electrons. The number of rotatable bonds is 7. The number of hydrogen-bond acceptors (Lipinski definition) is 5. The van der Waals surface area contributed by atoms with Gasteiger partial charge in [-0.2, -0.15) is 0 Å². The van der Waals surface area contributed by atoms with Crippen LogP contribution in [0.5, 0.6) is 11.5 Å². The van der Waals surface area contributed by atoms with Gasteiger partial charge in [0.25, 0.3) is 0 Å². The van der Waals surface area contributed by atoms with Crippen LogP contribution in [0.3, 0.4) is 0 Å². The normalized spacial score (nSPS) is 19.5. The number of benzene rings is 1. The monoisotopic (exact) mass is 342 g/mol. The predicted molar refractivity (Wildman–Crippen MR) is 89.6 cm³/mol. The van der Waals surface area contributed by atoms with E-state index < -0.39 is 10.0 Å². The summed E-state index contributed by atoms with van der Waals surface area (Å²) in [5, 5.41) is 0. The van der Waals surface area contributed by atoms with Gasteiger partial charge in [0.1, 0.15) is 16.4 Å². The molecule has 1 N–H and O–H groups in total. The highest BCUT2D eigenvalue weighted by Crippen LogP contribution is 2.27. The van der Waals surface area contributed by atoms with Crippen molar-refractivity contribution in [2.45, 2.75) is 24.7 Å². The minimum Gasteiger partial charge on any atom is -0.497 e. The molecule has 1 saturated heterocycles. The molecule has 0 amide bonds. The van der Waals surface area contributed by atoms with Crippen molar-refractivity contribution in [2.24, 2.45) is 5.92 Å². The Labute approximate surface area is 138 Å². The third-order valence-corrected chi connectivity index (χ3v) is 5.60. The second kappa shape index (κ2) is 7.99. The minimum atomic E-state index is -3.63. The fourth-order valence-electron chi connectivity index (χ4n) is 2.90. The average molecular weight is 342 g/mol. The van der Waals surface area contributed by atoms with Crippen LogP contribution in [0.2, 0.25) is 0 Å². The molecule has 1 aliphatic heterocycles. The maximum absolute atomic E-state index is 12.5. The Morgan fingerprint density at radius 2 is 2.09 bits per heavy atom. The van der Waals surface area contributed by atoms with Gasteiger partial charge in [-0.05, 0) is 37.4 Å². The smallest absolute Gasteiger partial charge is 0.244 e. The molecule has 1 aliphatic rings. The van der Waals surface area contributed by atoms with Gasteiger partial charge in [-0.15, -0.1) is 0 Å². The van der Waals surface area contributed by atoms with Crippen molar-refractivity contribution in [3.05, 3.63) is 18.2 Å². The lowest BCUT2D eigenvalue weighted by molar-refractivity contribution is 0.187. The summed E-state index contributed by atoms with van der Waals surface area (Å²) in [6, 6.07) is 4.75. The maximum atomic E-state index is 12.5. The summed E-state index contributed by atoms with van der Waals surface area (Å²) < 4.78 is 38.0. The Morgan fingerprint density at radius 3 is 2.74 bits per heavy atom. The van der Waals surface area contributed by atoms with Crippen LogP contribution in [0, 0.1) is 5.92 Å². The summed E-state index contributed by atoms with van der Waals surface area (Å²) in [4.78, 5) is 2.41. The third-order valence-electron chi connectivity index (χ3n) is 4.12. The van der Waals surface area contributed by atoms with Crippen LogP contribution in [-0.4, -0.2) is 53.7 Å². The number of piperidine rings is 1. The number of methoxy groups -OCH3 is 2. The van der Waals surface area contributed by atoms with Gasteiger partial charge < -0.3 is 14.4 Å². The molecular formula is C16H26N2O4S. The van der Waals surface area contributed by atoms with E-state index in [1.54, 1.807) is 12.1 Å². The maximum Gasteiger partial charge on any atom is 0.244 e. The van der Waals surface area contributed by atoms with Crippen molar-refractivity contribution < 1.29 is 17.9 Å². The number of nitrogens with one attached hydrogen (secondary N) is 1. The molecule has 1 heterocycles. The topological polar surface area (TPSA) is 67.9 Å². The molecule has 0 aliphatic carbocycles. The Morgan fingerprint density at radius 1 is 1.30 bits per heavy atom. The summed E-state index contributed by atoms with van der Waals surface area (Å²) >= 11 is 0. The number of hydrogen-bond donors (Lipinski definition) is 1. The third kappa shape index (κ3) is 4.83. The van der Waals surface area contributed by atoms with Gasteiger partial charge in [-0.1, -0.05) is 6.92 Å². The number of likely N-dealkylation sites (tertiary alicyclic amines) is 1. The van der Waals surface area contributed by atoms with Crippen molar-refractivity contribution in [3.8, 4) is 11.5 Å². The van der Waals surface area contributed by atoms with Gasteiger partial charge in [-0.3, -0.25) is 0 Å². The second-order valence-electron chi connectivity index (χ2n) is 5.96. The lowest BCUT2D eigenvalue weighted by Crippen LogP contribution is -2.40. The number of ether oxygens (including phenoxy) is 2. The molecule has 0 aromatic heterocycles. The van der Waals surface area contributed by atoms with Crippen molar-refractivity contribution in [1.29, 1.82) is 0 Å². The molecular weight excluding hydrogens is 316 g/mol. The summed E-state index contributed by atoms with van der Waals surface area (Å²) in [5.74, 6) is 1.47. The van der Waals surface area contributed by atoms with E-state index in [0.29, 0.717) is 24.0 Å². The van der Waals surface area contributed by atoms with Gasteiger partial charge in [-0.25, -0.2) is 13.1 Å². The van der Waals surface area contributed by atoms with E-state index in [4.69, 9.17) is 9.47 Å². The first-order valence-electron chi connectivity index (χ1n) is 7.90. The van der Waals surface area contributed by atoms with Crippen LogP contribution in [-0.2, 0) is 10.0 Å². The first-order chi connectivity index (χ1) is 11.0. The van der Waals surface area contributed by atoms with Crippen LogP contribution >= 0.6 is 0 Å². The highest BCUT2D eigenvalue weighted by Gasteiger charge is 2.21. The molecule has 0 bridgehead atoms. The molecule has 1 aromatic rings. The van der Waals surface area contributed by atoms with E-state index in [9.17, 15) is 8.42 Å². The Hall–Kier alpha value is -1.31. The second-order valence-corrected chi connectivity index (χ2v) is 7.70. The fraction of sp³-hybridized carbons (Fsp3) is 0.625. The molecule has 0 unspecified atom stereocenters. The summed E-state index contributed by atoms with van der Waals surface area (Å²) in [7, 11) is -0.674. The molecule has 6 nitrogen and oxygen atoms in total. The summed E-state index contributed by atoms with van der Waals surface area (Å²) in [6.45, 7) is 5.40. The van der Waals surface area contributed by atoms with E-state index in [1.807, 2.05) is 0 Å². The Kier molecular flexibility index (Phi) is 6.26. The molecule has 0 radical (unpaired) electrons. The molecule has 1 atom stereocenters. The zero-order valence-electron chi connectivity index (χ0n) is 14.0. The van der Waals surface area contributed by atoms with Crippen LogP contribution in [0.15, 0.2) is 23.1 Å². The van der Waals surface area contributed by atoms with Crippen LogP contribution < -0.4 is 14.2 Å². The molecule has 7 heteroatoms. The minimum absolute atomic E-state index is 0.103. The molecule has 2 rings (SSSR count). The molecule has 1 fully saturated rings. The molecule has 1 aromatic carbocycles. The predicted octanol–water partition coefficient (Wildman–Crippen LogP) is 1.71. The van der Waals surface area contributed by atoms with E-state index in [2.05, 4.69) is 16.5 Å².